The van der Waals surface area contributed by atoms with Crippen molar-refractivity contribution in [1.82, 2.24) is 4.90 Å². The molecule has 0 aromatic heterocycles. The number of hydrogen-bond donors (Lipinski definition) is 0. The molecule has 3 aliphatic rings. The van der Waals surface area contributed by atoms with Gasteiger partial charge in [0.1, 0.15) is 12.6 Å². The molecule has 0 N–H and O–H groups in total. The molecule has 2 aliphatic carbocycles. The third-order valence-corrected chi connectivity index (χ3v) is 6.17. The highest BCUT2D eigenvalue weighted by Crippen LogP contribution is 2.48. The first kappa shape index (κ1) is 16.4. The number of carbonyl (C=O) groups excluding carboxylic acids is 2. The van der Waals surface area contributed by atoms with E-state index in [4.69, 9.17) is 4.74 Å². The van der Waals surface area contributed by atoms with Gasteiger partial charge >= 0.3 is 5.97 Å². The highest BCUT2D eigenvalue weighted by Gasteiger charge is 2.49. The molecular weight excluding hydrogens is 314 g/mol. The Morgan fingerprint density at radius 3 is 2.64 bits per heavy atom. The fourth-order valence-electron chi connectivity index (χ4n) is 4.77. The number of benzene rings is 1. The summed E-state index contributed by atoms with van der Waals surface area (Å²) in [5.41, 5.74) is 0.971. The highest BCUT2D eigenvalue weighted by atomic mass is 16.5. The highest BCUT2D eigenvalue weighted by molar-refractivity contribution is 5.87. The number of esters is 1. The molecule has 5 atom stereocenters. The molecule has 0 unspecified atom stereocenters. The number of fused-ring (bicyclic) bond motifs is 2. The largest absolute Gasteiger partial charge is 0.459 e. The smallest absolute Gasteiger partial charge is 0.329 e. The van der Waals surface area contributed by atoms with Crippen LogP contribution in [0.25, 0.3) is 0 Å². The molecule has 0 spiro atoms. The van der Waals surface area contributed by atoms with E-state index < -0.39 is 6.04 Å². The zero-order valence-corrected chi connectivity index (χ0v) is 14.6. The summed E-state index contributed by atoms with van der Waals surface area (Å²) in [4.78, 5) is 27.5. The second-order valence-electron chi connectivity index (χ2n) is 7.62. The van der Waals surface area contributed by atoms with Gasteiger partial charge in [-0.25, -0.2) is 4.79 Å². The maximum atomic E-state index is 13.1. The fraction of sp³-hybridized carbons (Fsp3) is 0.524. The van der Waals surface area contributed by atoms with Crippen LogP contribution in [0, 0.1) is 23.7 Å². The van der Waals surface area contributed by atoms with Gasteiger partial charge in [-0.2, -0.15) is 0 Å². The van der Waals surface area contributed by atoms with Gasteiger partial charge in [0.05, 0.1) is 0 Å². The molecule has 132 valence electrons. The topological polar surface area (TPSA) is 46.6 Å². The van der Waals surface area contributed by atoms with Gasteiger partial charge in [-0.05, 0) is 42.6 Å². The van der Waals surface area contributed by atoms with E-state index in [1.165, 1.54) is 0 Å². The Bertz CT molecular complexity index is 684. The average molecular weight is 339 g/mol. The second kappa shape index (κ2) is 6.66. The molecule has 1 saturated heterocycles. The number of rotatable bonds is 4. The number of hydrogen-bond acceptors (Lipinski definition) is 3. The van der Waals surface area contributed by atoms with E-state index in [2.05, 4.69) is 19.1 Å². The predicted molar refractivity (Wildman–Crippen MR) is 94.4 cm³/mol. The van der Waals surface area contributed by atoms with Gasteiger partial charge in [-0.15, -0.1) is 0 Å². The van der Waals surface area contributed by atoms with Gasteiger partial charge in [0, 0.05) is 12.5 Å². The molecule has 1 aliphatic heterocycles. The zero-order valence-electron chi connectivity index (χ0n) is 14.6. The normalized spacial score (nSPS) is 33.0. The minimum Gasteiger partial charge on any atom is -0.459 e. The summed E-state index contributed by atoms with van der Waals surface area (Å²) >= 11 is 0. The standard InChI is InChI=1S/C21H25NO3/c1-14-16-9-10-17(12-16)19(14)20(23)22-11-5-8-18(22)21(24)25-13-15-6-3-2-4-7-15/h2-4,6-7,9-10,14,16-19H,5,8,11-13H2,1H3/t14-,16+,17-,18-,19+/m0/s1. The van der Waals surface area contributed by atoms with Gasteiger partial charge in [0.25, 0.3) is 0 Å². The van der Waals surface area contributed by atoms with E-state index >= 15 is 0 Å². The summed E-state index contributed by atoms with van der Waals surface area (Å²) in [6, 6.07) is 9.26. The quantitative estimate of drug-likeness (QED) is 0.625. The summed E-state index contributed by atoms with van der Waals surface area (Å²) in [7, 11) is 0. The summed E-state index contributed by atoms with van der Waals surface area (Å²) in [6.45, 7) is 3.12. The molecule has 1 saturated carbocycles. The monoisotopic (exact) mass is 339 g/mol. The Balaban J connectivity index is 1.41. The Morgan fingerprint density at radius 2 is 1.92 bits per heavy atom. The van der Waals surface area contributed by atoms with E-state index in [1.807, 2.05) is 30.3 Å². The van der Waals surface area contributed by atoms with Gasteiger partial charge in [0.2, 0.25) is 5.91 Å². The number of nitrogens with zero attached hydrogens (tertiary/aromatic N) is 1. The molecule has 1 aromatic rings. The molecular formula is C21H25NO3. The van der Waals surface area contributed by atoms with E-state index in [-0.39, 0.29) is 24.4 Å². The molecule has 1 aromatic carbocycles. The lowest BCUT2D eigenvalue weighted by Gasteiger charge is -2.31. The van der Waals surface area contributed by atoms with Crippen LogP contribution in [0.3, 0.4) is 0 Å². The van der Waals surface area contributed by atoms with E-state index in [1.54, 1.807) is 4.90 Å². The first-order valence-corrected chi connectivity index (χ1v) is 9.34. The van der Waals surface area contributed by atoms with Crippen molar-refractivity contribution in [3.63, 3.8) is 0 Å². The number of likely N-dealkylation sites (tertiary alicyclic amines) is 1. The number of carbonyl (C=O) groups is 2. The van der Waals surface area contributed by atoms with Crippen molar-refractivity contribution in [1.29, 1.82) is 0 Å². The van der Waals surface area contributed by atoms with E-state index in [9.17, 15) is 9.59 Å². The van der Waals surface area contributed by atoms with Crippen molar-refractivity contribution in [2.24, 2.45) is 23.7 Å². The molecule has 2 fully saturated rings. The van der Waals surface area contributed by atoms with Crippen LogP contribution in [0.1, 0.15) is 31.7 Å². The minimum atomic E-state index is -0.411. The minimum absolute atomic E-state index is 0.0394. The molecule has 4 nitrogen and oxygen atoms in total. The zero-order chi connectivity index (χ0) is 17.4. The van der Waals surface area contributed by atoms with Crippen molar-refractivity contribution in [3.8, 4) is 0 Å². The van der Waals surface area contributed by atoms with E-state index in [0.29, 0.717) is 30.7 Å². The number of ether oxygens (including phenoxy) is 1. The SMILES string of the molecule is C[C@@H]1[C@@H](C(=O)N2CCC[C@H]2C(=O)OCc2ccccc2)[C@H]2C=C[C@@H]1C2. The molecule has 0 radical (unpaired) electrons. The second-order valence-corrected chi connectivity index (χ2v) is 7.62. The van der Waals surface area contributed by atoms with Gasteiger partial charge in [-0.3, -0.25) is 4.79 Å². The van der Waals surface area contributed by atoms with Crippen LogP contribution >= 0.6 is 0 Å². The Morgan fingerprint density at radius 1 is 1.16 bits per heavy atom. The molecule has 2 bridgehead atoms. The first-order valence-electron chi connectivity index (χ1n) is 9.34. The van der Waals surface area contributed by atoms with E-state index in [0.717, 1.165) is 18.4 Å². The summed E-state index contributed by atoms with van der Waals surface area (Å²) in [5.74, 6) is 1.20. The average Bonchev–Trinajstić information content (AvgIpc) is 3.35. The predicted octanol–water partition coefficient (Wildman–Crippen LogP) is 3.18. The number of amides is 1. The van der Waals surface area contributed by atoms with Crippen LogP contribution < -0.4 is 0 Å². The maximum Gasteiger partial charge on any atom is 0.329 e. The summed E-state index contributed by atoms with van der Waals surface area (Å²) in [5, 5.41) is 0. The first-order chi connectivity index (χ1) is 12.1. The Labute approximate surface area is 148 Å². The summed E-state index contributed by atoms with van der Waals surface area (Å²) < 4.78 is 5.50. The lowest BCUT2D eigenvalue weighted by Crippen LogP contribution is -2.46. The molecule has 1 amide bonds. The van der Waals surface area contributed by atoms with Crippen molar-refractivity contribution < 1.29 is 14.3 Å². The third kappa shape index (κ3) is 2.99. The van der Waals surface area contributed by atoms with Gasteiger partial charge in [0.15, 0.2) is 0 Å². The molecule has 4 rings (SSSR count). The fourth-order valence-corrected chi connectivity index (χ4v) is 4.77. The molecule has 4 heteroatoms. The van der Waals surface area contributed by atoms with Crippen molar-refractivity contribution >= 4 is 11.9 Å². The maximum absolute atomic E-state index is 13.1. The Hall–Kier alpha value is -2.10. The van der Waals surface area contributed by atoms with Crippen molar-refractivity contribution in [2.75, 3.05) is 6.54 Å². The van der Waals surface area contributed by atoms with Crippen LogP contribution in [-0.2, 0) is 20.9 Å². The van der Waals surface area contributed by atoms with Crippen molar-refractivity contribution in [2.45, 2.75) is 38.8 Å². The summed E-state index contributed by atoms with van der Waals surface area (Å²) in [6.07, 6.45) is 7.14. The van der Waals surface area contributed by atoms with Gasteiger partial charge in [-0.1, -0.05) is 49.4 Å². The van der Waals surface area contributed by atoms with Crippen LogP contribution in [-0.4, -0.2) is 29.4 Å². The molecule has 25 heavy (non-hydrogen) atoms. The van der Waals surface area contributed by atoms with Crippen LogP contribution in [0.15, 0.2) is 42.5 Å². The Kier molecular flexibility index (Phi) is 4.36. The van der Waals surface area contributed by atoms with Crippen LogP contribution in [0.5, 0.6) is 0 Å². The number of allylic oxidation sites excluding steroid dienone is 2. The van der Waals surface area contributed by atoms with Crippen molar-refractivity contribution in [3.05, 3.63) is 48.0 Å². The lowest BCUT2D eigenvalue weighted by molar-refractivity contribution is -0.156. The third-order valence-electron chi connectivity index (χ3n) is 6.17. The lowest BCUT2D eigenvalue weighted by atomic mass is 9.83. The van der Waals surface area contributed by atoms with Crippen LogP contribution in [0.2, 0.25) is 0 Å². The van der Waals surface area contributed by atoms with Crippen LogP contribution in [0.4, 0.5) is 0 Å². The van der Waals surface area contributed by atoms with Gasteiger partial charge < -0.3 is 9.64 Å². The molecule has 1 heterocycles.